The van der Waals surface area contributed by atoms with E-state index in [2.05, 4.69) is 0 Å². The molecule has 22 heteroatoms. The van der Waals surface area contributed by atoms with Crippen LogP contribution < -0.4 is 18.1 Å². The van der Waals surface area contributed by atoms with Crippen LogP contribution in [0, 0.1) is 0 Å². The fourth-order valence-corrected chi connectivity index (χ4v) is 0. The summed E-state index contributed by atoms with van der Waals surface area (Å²) in [4.78, 5) is 0. The third-order valence-corrected chi connectivity index (χ3v) is 0. The molecule has 0 aliphatic rings. The molecule has 0 aromatic heterocycles. The summed E-state index contributed by atoms with van der Waals surface area (Å²) in [5, 5.41) is 0. The number of hydrogen-bond acceptors (Lipinski definition) is 15. The zero-order valence-electron chi connectivity index (χ0n) is 9.51. The third kappa shape index (κ3) is 1230. The van der Waals surface area contributed by atoms with Crippen molar-refractivity contribution in [2.45, 2.75) is 0 Å². The Kier molecular flexibility index (Phi) is 79.2. The van der Waals surface area contributed by atoms with Crippen molar-refractivity contribution in [3.63, 3.8) is 0 Å². The Bertz CT molecular complexity index is 386. The van der Waals surface area contributed by atoms with Gasteiger partial charge in [-0.25, -0.2) is 0 Å². The molecule has 0 aliphatic carbocycles. The molecule has 0 N–H and O–H groups in total. The van der Waals surface area contributed by atoms with E-state index in [-0.39, 0.29) is 45.7 Å². The molecule has 0 amide bonds. The zero-order valence-corrected chi connectivity index (χ0v) is 32.0. The average molecular weight is 1420 g/mol. The second-order valence-electron chi connectivity index (χ2n) is 1.12. The minimum atomic E-state index is -4.34. The summed E-state index contributed by atoms with van der Waals surface area (Å²) in [6.45, 7) is 0. The van der Waals surface area contributed by atoms with Crippen molar-refractivity contribution >= 4 is 26.2 Å². The second-order valence-corrected chi connectivity index (χ2v) is 9.15. The minimum absolute atomic E-state index is 0. The summed E-state index contributed by atoms with van der Waals surface area (Å²) in [6.07, 6.45) is 0. The summed E-state index contributed by atoms with van der Waals surface area (Å²) in [5.74, 6) is 0. The van der Waals surface area contributed by atoms with Crippen LogP contribution in [0.5, 0.6) is 0 Å². The Hall–Kier alpha value is 3.01. The Morgan fingerprint density at radius 3 is 0.364 bits per heavy atom. The first-order valence-electron chi connectivity index (χ1n) is 2.74. The number of hydrogen-bond donors (Lipinski definition) is 0. The SMILES string of the molecule is [Bi+3].[O]=[Ta](=[O])[O-].[O]=[Ta](=[O])[O-].[O]=[Ta](=[O])[O-].[O]=[Ta](=[O])[O-].[O]=[Ta](=[O])[O-].[Zn+2]. The van der Waals surface area contributed by atoms with Gasteiger partial charge in [-0.2, -0.15) is 0 Å². The van der Waals surface area contributed by atoms with Crippen LogP contribution in [-0.4, -0.2) is 26.2 Å². The van der Waals surface area contributed by atoms with Crippen LogP contribution in [0.15, 0.2) is 0 Å². The number of rotatable bonds is 0. The zero-order chi connectivity index (χ0) is 17.9. The Morgan fingerprint density at radius 2 is 0.364 bits per heavy atom. The Labute approximate surface area is 186 Å². The quantitative estimate of drug-likeness (QED) is 0.204. The second kappa shape index (κ2) is 39.2. The Morgan fingerprint density at radius 1 is 0.364 bits per heavy atom. The van der Waals surface area contributed by atoms with Crippen molar-refractivity contribution in [2.24, 2.45) is 0 Å². The van der Waals surface area contributed by atoms with Gasteiger partial charge >= 0.3 is 190 Å². The van der Waals surface area contributed by atoms with Crippen molar-refractivity contribution in [3.8, 4) is 0 Å². The van der Waals surface area contributed by atoms with Gasteiger partial charge in [-0.3, -0.25) is 0 Å². The molecule has 0 aromatic rings. The van der Waals surface area contributed by atoms with E-state index in [1.54, 1.807) is 0 Å². The van der Waals surface area contributed by atoms with Crippen LogP contribution in [-0.2, 0) is 146 Å². The van der Waals surface area contributed by atoms with Gasteiger partial charge in [0.05, 0.1) is 0 Å². The molecule has 0 rings (SSSR count). The van der Waals surface area contributed by atoms with E-state index in [9.17, 15) is 0 Å². The smallest absolute Gasteiger partial charge is 2.00 e. The van der Waals surface area contributed by atoms with Gasteiger partial charge in [0.15, 0.2) is 0 Å². The van der Waals surface area contributed by atoms with Gasteiger partial charge in [0.1, 0.15) is 0 Å². The van der Waals surface area contributed by atoms with Crippen molar-refractivity contribution in [1.29, 1.82) is 0 Å². The van der Waals surface area contributed by atoms with Crippen molar-refractivity contribution < 1.29 is 164 Å². The average Bonchev–Trinajstić information content (AvgIpc) is 1.94. The van der Waals surface area contributed by atoms with E-state index >= 15 is 0 Å². The summed E-state index contributed by atoms with van der Waals surface area (Å²) in [6, 6.07) is 0. The first kappa shape index (κ1) is 44.4. The minimum Gasteiger partial charge on any atom is 2.00 e. The first-order valence-corrected chi connectivity index (χ1v) is 22.4. The molecular weight excluding hydrogens is 1420 g/mol. The molecule has 22 heavy (non-hydrogen) atoms. The molecule has 122 valence electrons. The van der Waals surface area contributed by atoms with Crippen molar-refractivity contribution in [3.05, 3.63) is 0 Å². The fraction of sp³-hybridized carbons (Fsp3) is 0. The maximum atomic E-state index is 8.62. The molecule has 0 saturated carbocycles. The molecule has 0 fully saturated rings. The van der Waals surface area contributed by atoms with Gasteiger partial charge in [0.2, 0.25) is 0 Å². The van der Waals surface area contributed by atoms with Gasteiger partial charge in [0.25, 0.3) is 0 Å². The van der Waals surface area contributed by atoms with E-state index in [4.69, 9.17) is 50.6 Å². The largest absolute Gasteiger partial charge is 2.00 e. The van der Waals surface area contributed by atoms with Crippen LogP contribution in [0.3, 0.4) is 0 Å². The van der Waals surface area contributed by atoms with Gasteiger partial charge in [-0.15, -0.1) is 0 Å². The molecule has 0 spiro atoms. The molecule has 0 bridgehead atoms. The molecule has 0 saturated heterocycles. The normalized spacial score (nSPS) is 5.68. The summed E-state index contributed by atoms with van der Waals surface area (Å²) in [7, 11) is 0. The molecule has 0 aromatic carbocycles. The van der Waals surface area contributed by atoms with E-state index in [0.717, 1.165) is 0 Å². The summed E-state index contributed by atoms with van der Waals surface area (Å²) < 4.78 is 129. The topological polar surface area (TPSA) is 286 Å². The van der Waals surface area contributed by atoms with Gasteiger partial charge in [0, 0.05) is 0 Å². The van der Waals surface area contributed by atoms with E-state index in [1.807, 2.05) is 0 Å². The van der Waals surface area contributed by atoms with Crippen LogP contribution in [0.4, 0.5) is 0 Å². The molecule has 2 radical (unpaired) electrons. The predicted molar refractivity (Wildman–Crippen MR) is 12.6 cm³/mol. The third-order valence-electron chi connectivity index (χ3n) is 0. The summed E-state index contributed by atoms with van der Waals surface area (Å²) in [5.41, 5.74) is 0. The maximum Gasteiger partial charge on any atom is 2.00 e. The molecule has 15 nitrogen and oxygen atoms in total. The summed E-state index contributed by atoms with van der Waals surface area (Å²) >= 11 is -21.7. The van der Waals surface area contributed by atoms with E-state index < -0.39 is 93.9 Å². The van der Waals surface area contributed by atoms with Crippen molar-refractivity contribution in [2.75, 3.05) is 0 Å². The van der Waals surface area contributed by atoms with Crippen LogP contribution in [0.25, 0.3) is 0 Å². The maximum absolute atomic E-state index is 8.62. The van der Waals surface area contributed by atoms with Gasteiger partial charge in [-0.05, 0) is 0 Å². The predicted octanol–water partition coefficient (Wildman–Crippen LogP) is -7.53. The monoisotopic (exact) mass is 1420 g/mol. The van der Waals surface area contributed by atoms with Crippen LogP contribution in [0.2, 0.25) is 0 Å². The molecule has 0 unspecified atom stereocenters. The molecule has 0 heterocycles. The van der Waals surface area contributed by atoms with Crippen molar-refractivity contribution in [1.82, 2.24) is 0 Å². The van der Waals surface area contributed by atoms with Crippen LogP contribution in [0.1, 0.15) is 0 Å². The van der Waals surface area contributed by atoms with Gasteiger partial charge < -0.3 is 0 Å². The molecule has 0 aliphatic heterocycles. The first-order chi connectivity index (χ1) is 8.66. The van der Waals surface area contributed by atoms with E-state index in [0.29, 0.717) is 0 Å². The van der Waals surface area contributed by atoms with E-state index in [1.165, 1.54) is 0 Å². The molecule has 0 atom stereocenters. The Balaban J connectivity index is -0.0000000250. The molecular formula is BiO15Ta5Zn. The fourth-order valence-electron chi connectivity index (χ4n) is 0. The van der Waals surface area contributed by atoms with Gasteiger partial charge in [-0.1, -0.05) is 0 Å². The standard InChI is InChI=1S/Bi.15O.5Ta.Zn/q+3;;;;;;;;;;;5*-1;;;;;;+2. The van der Waals surface area contributed by atoms with Crippen LogP contribution >= 0.6 is 0 Å².